The van der Waals surface area contributed by atoms with Crippen molar-refractivity contribution in [2.45, 2.75) is 134 Å². The third kappa shape index (κ3) is 13.6. The zero-order chi connectivity index (χ0) is 24.3. The van der Waals surface area contributed by atoms with Crippen LogP contribution in [-0.4, -0.2) is 71.6 Å². The molecule has 1 aliphatic heterocycles. The van der Waals surface area contributed by atoms with Crippen LogP contribution in [0.2, 0.25) is 0 Å². The first-order valence-electron chi connectivity index (χ1n) is 13.3. The van der Waals surface area contributed by atoms with Gasteiger partial charge in [-0.25, -0.2) is 0 Å². The van der Waals surface area contributed by atoms with E-state index in [1.54, 1.807) is 0 Å². The Labute approximate surface area is 200 Å². The molecule has 0 unspecified atom stereocenters. The molecule has 0 aromatic heterocycles. The van der Waals surface area contributed by atoms with Crippen LogP contribution in [0.3, 0.4) is 0 Å². The van der Waals surface area contributed by atoms with E-state index in [2.05, 4.69) is 12.2 Å². The molecule has 196 valence electrons. The number of carbonyl (C=O) groups is 1. The van der Waals surface area contributed by atoms with Crippen LogP contribution in [0, 0.1) is 0 Å². The maximum absolute atomic E-state index is 12.1. The number of nitrogens with two attached hydrogens (primary N) is 1. The maximum Gasteiger partial charge on any atom is 0.224 e. The standard InChI is InChI=1S/C25H50N2O6/c1-2-3-4-5-6-7-8-9-10-11-12-13-14-15-17-32-18-16-21(29)27-25-22(26)24(31)23(30)20(19-28)33-25/h20,22-25,28,30-31H,2-19,26H2,1H3,(H,27,29)/t20-,22-,23-,24-,25-/m1/s1. The highest BCUT2D eigenvalue weighted by molar-refractivity contribution is 5.76. The number of hydrogen-bond acceptors (Lipinski definition) is 7. The van der Waals surface area contributed by atoms with Gasteiger partial charge in [-0.1, -0.05) is 90.4 Å². The fraction of sp³-hybridized carbons (Fsp3) is 0.960. The number of amides is 1. The predicted octanol–water partition coefficient (Wildman–Crippen LogP) is 2.76. The average molecular weight is 475 g/mol. The monoisotopic (exact) mass is 474 g/mol. The zero-order valence-electron chi connectivity index (χ0n) is 20.8. The molecule has 1 amide bonds. The molecular formula is C25H50N2O6. The molecule has 6 N–H and O–H groups in total. The number of hydrogen-bond donors (Lipinski definition) is 5. The van der Waals surface area contributed by atoms with E-state index in [1.165, 1.54) is 77.0 Å². The largest absolute Gasteiger partial charge is 0.394 e. The van der Waals surface area contributed by atoms with Gasteiger partial charge >= 0.3 is 0 Å². The molecule has 0 aromatic rings. The second kappa shape index (κ2) is 19.5. The van der Waals surface area contributed by atoms with Crippen LogP contribution in [0.4, 0.5) is 0 Å². The van der Waals surface area contributed by atoms with Crippen LogP contribution in [0.15, 0.2) is 0 Å². The fourth-order valence-corrected chi connectivity index (χ4v) is 4.16. The van der Waals surface area contributed by atoms with Crippen molar-refractivity contribution in [1.82, 2.24) is 5.32 Å². The second-order valence-corrected chi connectivity index (χ2v) is 9.36. The number of unbranched alkanes of at least 4 members (excludes halogenated alkanes) is 13. The lowest BCUT2D eigenvalue weighted by Gasteiger charge is -2.40. The van der Waals surface area contributed by atoms with Crippen molar-refractivity contribution in [2.75, 3.05) is 19.8 Å². The van der Waals surface area contributed by atoms with Crippen LogP contribution < -0.4 is 11.1 Å². The minimum Gasteiger partial charge on any atom is -0.394 e. The van der Waals surface area contributed by atoms with Gasteiger partial charge in [0.1, 0.15) is 24.5 Å². The Balaban J connectivity index is 1.90. The van der Waals surface area contributed by atoms with Crippen LogP contribution in [0.5, 0.6) is 0 Å². The summed E-state index contributed by atoms with van der Waals surface area (Å²) in [5.74, 6) is -0.309. The molecule has 0 bridgehead atoms. The summed E-state index contributed by atoms with van der Waals surface area (Å²) < 4.78 is 10.9. The predicted molar refractivity (Wildman–Crippen MR) is 130 cm³/mol. The summed E-state index contributed by atoms with van der Waals surface area (Å²) in [5.41, 5.74) is 5.81. The van der Waals surface area contributed by atoms with E-state index < -0.39 is 37.2 Å². The van der Waals surface area contributed by atoms with Gasteiger partial charge in [-0.3, -0.25) is 4.79 Å². The molecule has 33 heavy (non-hydrogen) atoms. The number of carbonyl (C=O) groups excluding carboxylic acids is 1. The highest BCUT2D eigenvalue weighted by atomic mass is 16.5. The summed E-state index contributed by atoms with van der Waals surface area (Å²) in [6.45, 7) is 2.74. The smallest absolute Gasteiger partial charge is 0.224 e. The van der Waals surface area contributed by atoms with Gasteiger partial charge in [0.25, 0.3) is 0 Å². The molecule has 0 spiro atoms. The number of rotatable bonds is 20. The normalized spacial score (nSPS) is 25.3. The van der Waals surface area contributed by atoms with Crippen LogP contribution in [-0.2, 0) is 14.3 Å². The molecule has 8 nitrogen and oxygen atoms in total. The topological polar surface area (TPSA) is 134 Å². The molecule has 1 heterocycles. The van der Waals surface area contributed by atoms with Crippen LogP contribution in [0.1, 0.15) is 103 Å². The van der Waals surface area contributed by atoms with Crippen molar-refractivity contribution < 1.29 is 29.6 Å². The Morgan fingerprint density at radius 1 is 0.848 bits per heavy atom. The van der Waals surface area contributed by atoms with Crippen LogP contribution in [0.25, 0.3) is 0 Å². The third-order valence-electron chi connectivity index (χ3n) is 6.40. The van der Waals surface area contributed by atoms with E-state index in [4.69, 9.17) is 15.2 Å². The summed E-state index contributed by atoms with van der Waals surface area (Å²) in [7, 11) is 0. The summed E-state index contributed by atoms with van der Waals surface area (Å²) >= 11 is 0. The molecule has 8 heteroatoms. The summed E-state index contributed by atoms with van der Waals surface area (Å²) in [6.07, 6.45) is 14.1. The first kappa shape index (κ1) is 30.3. The lowest BCUT2D eigenvalue weighted by atomic mass is 9.97. The molecule has 1 saturated heterocycles. The van der Waals surface area contributed by atoms with Crippen molar-refractivity contribution in [3.8, 4) is 0 Å². The summed E-state index contributed by atoms with van der Waals surface area (Å²) in [5, 5.41) is 31.5. The molecule has 1 fully saturated rings. The third-order valence-corrected chi connectivity index (χ3v) is 6.40. The van der Waals surface area contributed by atoms with Crippen LogP contribution >= 0.6 is 0 Å². The highest BCUT2D eigenvalue weighted by Gasteiger charge is 2.42. The fourth-order valence-electron chi connectivity index (χ4n) is 4.16. The Morgan fingerprint density at radius 2 is 1.36 bits per heavy atom. The number of aliphatic hydroxyl groups excluding tert-OH is 3. The van der Waals surface area contributed by atoms with Gasteiger partial charge in [0.2, 0.25) is 5.91 Å². The Morgan fingerprint density at radius 3 is 1.88 bits per heavy atom. The van der Waals surface area contributed by atoms with Crippen molar-refractivity contribution in [3.63, 3.8) is 0 Å². The summed E-state index contributed by atoms with van der Waals surface area (Å²) in [6, 6.07) is -0.969. The van der Waals surface area contributed by atoms with E-state index >= 15 is 0 Å². The van der Waals surface area contributed by atoms with Crippen molar-refractivity contribution in [1.29, 1.82) is 0 Å². The van der Waals surface area contributed by atoms with Gasteiger partial charge in [0.15, 0.2) is 0 Å². The number of nitrogens with one attached hydrogen (secondary N) is 1. The van der Waals surface area contributed by atoms with Gasteiger partial charge in [0.05, 0.1) is 25.7 Å². The average Bonchev–Trinajstić information content (AvgIpc) is 2.81. The summed E-state index contributed by atoms with van der Waals surface area (Å²) in [4.78, 5) is 12.1. The highest BCUT2D eigenvalue weighted by Crippen LogP contribution is 2.18. The van der Waals surface area contributed by atoms with E-state index in [0.717, 1.165) is 12.8 Å². The van der Waals surface area contributed by atoms with E-state index in [0.29, 0.717) is 13.2 Å². The Bertz CT molecular complexity index is 480. The molecule has 1 rings (SSSR count). The van der Waals surface area contributed by atoms with E-state index in [9.17, 15) is 20.1 Å². The van der Waals surface area contributed by atoms with Gasteiger partial charge in [0, 0.05) is 6.61 Å². The molecule has 0 saturated carbocycles. The SMILES string of the molecule is CCCCCCCCCCCCCCCCOCCC(=O)N[C@@H]1O[C@H](CO)[C@@H](O)[C@H](O)[C@H]1N. The zero-order valence-corrected chi connectivity index (χ0v) is 20.8. The van der Waals surface area contributed by atoms with Crippen molar-refractivity contribution >= 4 is 5.91 Å². The van der Waals surface area contributed by atoms with Crippen molar-refractivity contribution in [2.24, 2.45) is 5.73 Å². The minimum atomic E-state index is -1.29. The van der Waals surface area contributed by atoms with Gasteiger partial charge < -0.3 is 35.8 Å². The van der Waals surface area contributed by atoms with E-state index in [-0.39, 0.29) is 12.3 Å². The Kier molecular flexibility index (Phi) is 17.9. The second-order valence-electron chi connectivity index (χ2n) is 9.36. The molecule has 0 aliphatic carbocycles. The minimum absolute atomic E-state index is 0.160. The molecule has 0 radical (unpaired) electrons. The maximum atomic E-state index is 12.1. The number of aliphatic hydroxyl groups is 3. The van der Waals surface area contributed by atoms with Crippen molar-refractivity contribution in [3.05, 3.63) is 0 Å². The first-order valence-corrected chi connectivity index (χ1v) is 13.3. The number of ether oxygens (including phenoxy) is 2. The molecule has 1 aliphatic rings. The van der Waals surface area contributed by atoms with Gasteiger partial charge in [-0.05, 0) is 6.42 Å². The van der Waals surface area contributed by atoms with Gasteiger partial charge in [-0.15, -0.1) is 0 Å². The first-order chi connectivity index (χ1) is 16.0. The quantitative estimate of drug-likeness (QED) is 0.171. The molecular weight excluding hydrogens is 424 g/mol. The van der Waals surface area contributed by atoms with Gasteiger partial charge in [-0.2, -0.15) is 0 Å². The lowest BCUT2D eigenvalue weighted by molar-refractivity contribution is -0.197. The van der Waals surface area contributed by atoms with E-state index in [1.807, 2.05) is 0 Å². The Hall–Kier alpha value is -0.770. The molecule has 0 aromatic carbocycles. The molecule has 5 atom stereocenters. The lowest BCUT2D eigenvalue weighted by Crippen LogP contribution is -2.66.